The Morgan fingerprint density at radius 3 is 2.65 bits per heavy atom. The summed E-state index contributed by atoms with van der Waals surface area (Å²) in [6.07, 6.45) is 2.63. The van der Waals surface area contributed by atoms with E-state index in [1.54, 1.807) is 0 Å². The Kier molecular flexibility index (Phi) is 6.75. The highest BCUT2D eigenvalue weighted by atomic mass is 16.3. The number of likely N-dealkylation sites (N-methyl/N-ethyl adjacent to an activating group) is 1. The van der Waals surface area contributed by atoms with E-state index in [-0.39, 0.29) is 11.4 Å². The molecule has 1 spiro atoms. The van der Waals surface area contributed by atoms with Crippen LogP contribution in [0.15, 0.2) is 54.6 Å². The summed E-state index contributed by atoms with van der Waals surface area (Å²) in [4.78, 5) is 19.5. The Morgan fingerprint density at radius 1 is 1.13 bits per heavy atom. The smallest absolute Gasteiger partial charge is 0.241 e. The van der Waals surface area contributed by atoms with Gasteiger partial charge in [-0.05, 0) is 62.9 Å². The summed E-state index contributed by atoms with van der Waals surface area (Å²) in [7, 11) is 0. The summed E-state index contributed by atoms with van der Waals surface area (Å²) in [5.74, 6) is 0.101. The zero-order valence-corrected chi connectivity index (χ0v) is 18.8. The van der Waals surface area contributed by atoms with E-state index in [2.05, 4.69) is 40.1 Å². The molecule has 31 heavy (non-hydrogen) atoms. The largest absolute Gasteiger partial charge is 0.390 e. The van der Waals surface area contributed by atoms with Gasteiger partial charge in [0.15, 0.2) is 0 Å². The number of aryl methyl sites for hydroxylation is 1. The average molecular weight is 422 g/mol. The summed E-state index contributed by atoms with van der Waals surface area (Å²) in [6.45, 7) is 8.38. The second-order valence-electron chi connectivity index (χ2n) is 9.09. The van der Waals surface area contributed by atoms with Crippen LogP contribution in [0.5, 0.6) is 0 Å². The molecule has 2 atom stereocenters. The molecule has 0 bridgehead atoms. The first kappa shape index (κ1) is 22.0. The Balaban J connectivity index is 1.40. The lowest BCUT2D eigenvalue weighted by molar-refractivity contribution is -0.122. The summed E-state index contributed by atoms with van der Waals surface area (Å²) < 4.78 is 0. The molecule has 166 valence electrons. The quantitative estimate of drug-likeness (QED) is 0.776. The molecular formula is C26H35N3O2. The molecule has 5 heteroatoms. The first-order valence-corrected chi connectivity index (χ1v) is 11.6. The van der Waals surface area contributed by atoms with Gasteiger partial charge in [0.05, 0.1) is 12.6 Å². The van der Waals surface area contributed by atoms with Crippen LogP contribution in [0, 0.1) is 6.92 Å². The van der Waals surface area contributed by atoms with E-state index in [1.807, 2.05) is 43.0 Å². The number of carbonyl (C=O) groups is 1. The first-order valence-electron chi connectivity index (χ1n) is 11.6. The Labute approximate surface area is 186 Å². The molecule has 0 saturated carbocycles. The minimum absolute atomic E-state index is 0.101. The van der Waals surface area contributed by atoms with Crippen molar-refractivity contribution in [2.24, 2.45) is 0 Å². The van der Waals surface area contributed by atoms with Gasteiger partial charge >= 0.3 is 0 Å². The van der Waals surface area contributed by atoms with Crippen molar-refractivity contribution < 1.29 is 9.90 Å². The molecule has 1 amide bonds. The number of anilines is 1. The van der Waals surface area contributed by atoms with Gasteiger partial charge in [-0.15, -0.1) is 0 Å². The average Bonchev–Trinajstić information content (AvgIpc) is 3.15. The van der Waals surface area contributed by atoms with Crippen molar-refractivity contribution in [1.82, 2.24) is 9.80 Å². The molecule has 2 saturated heterocycles. The van der Waals surface area contributed by atoms with Gasteiger partial charge in [0.2, 0.25) is 5.91 Å². The molecule has 5 nitrogen and oxygen atoms in total. The van der Waals surface area contributed by atoms with Crippen molar-refractivity contribution in [3.63, 3.8) is 0 Å². The highest BCUT2D eigenvalue weighted by molar-refractivity contribution is 5.94. The standard InChI is InChI=1S/C26H35N3O2/c1-3-29(23-12-7-9-21(2)17-23)25(31)20-27-16-14-26(24(30)19-27)13-8-15-28(26)18-22-10-5-4-6-11-22/h4-7,9-12,17,24,30H,3,8,13-16,18-20H2,1-2H3/t24-,26-/m0/s1. The third kappa shape index (κ3) is 4.69. The molecule has 0 unspecified atom stereocenters. The van der Waals surface area contributed by atoms with E-state index in [1.165, 1.54) is 5.56 Å². The van der Waals surface area contributed by atoms with Gasteiger partial charge in [0, 0.05) is 37.4 Å². The summed E-state index contributed by atoms with van der Waals surface area (Å²) in [5, 5.41) is 11.2. The fourth-order valence-electron chi connectivity index (χ4n) is 5.40. The molecule has 2 aromatic carbocycles. The van der Waals surface area contributed by atoms with Gasteiger partial charge < -0.3 is 10.0 Å². The fraction of sp³-hybridized carbons (Fsp3) is 0.500. The Bertz CT molecular complexity index is 887. The number of aliphatic hydroxyl groups excluding tert-OH is 1. The molecule has 0 radical (unpaired) electrons. The van der Waals surface area contributed by atoms with E-state index < -0.39 is 6.10 Å². The zero-order chi connectivity index (χ0) is 21.8. The number of likely N-dealkylation sites (tertiary alicyclic amines) is 2. The lowest BCUT2D eigenvalue weighted by Gasteiger charge is -2.48. The van der Waals surface area contributed by atoms with Gasteiger partial charge in [-0.25, -0.2) is 0 Å². The summed E-state index contributed by atoms with van der Waals surface area (Å²) in [5.41, 5.74) is 3.24. The molecule has 0 aromatic heterocycles. The first-order chi connectivity index (χ1) is 15.0. The van der Waals surface area contributed by atoms with Crippen LogP contribution in [0.25, 0.3) is 0 Å². The number of carbonyl (C=O) groups excluding carboxylic acids is 1. The molecule has 2 fully saturated rings. The van der Waals surface area contributed by atoms with Crippen molar-refractivity contribution in [2.45, 2.75) is 51.3 Å². The van der Waals surface area contributed by atoms with Crippen molar-refractivity contribution in [1.29, 1.82) is 0 Å². The number of piperidine rings is 1. The molecular weight excluding hydrogens is 386 g/mol. The number of rotatable bonds is 6. The number of aliphatic hydroxyl groups is 1. The molecule has 0 aliphatic carbocycles. The highest BCUT2D eigenvalue weighted by Crippen LogP contribution is 2.39. The van der Waals surface area contributed by atoms with Gasteiger partial charge in [-0.3, -0.25) is 14.6 Å². The third-order valence-electron chi connectivity index (χ3n) is 7.09. The SMILES string of the molecule is CCN(C(=O)CN1CC[C@@]2(CCCN2Cc2ccccc2)[C@@H](O)C1)c1cccc(C)c1. The minimum atomic E-state index is -0.436. The molecule has 1 N–H and O–H groups in total. The second kappa shape index (κ2) is 9.51. The number of amides is 1. The van der Waals surface area contributed by atoms with Crippen molar-refractivity contribution >= 4 is 11.6 Å². The van der Waals surface area contributed by atoms with Crippen LogP contribution in [0.4, 0.5) is 5.69 Å². The number of hydrogen-bond donors (Lipinski definition) is 1. The third-order valence-corrected chi connectivity index (χ3v) is 7.09. The van der Waals surface area contributed by atoms with Gasteiger partial charge in [-0.2, -0.15) is 0 Å². The van der Waals surface area contributed by atoms with Crippen molar-refractivity contribution in [3.8, 4) is 0 Å². The lowest BCUT2D eigenvalue weighted by atomic mass is 9.82. The Hall–Kier alpha value is -2.21. The second-order valence-corrected chi connectivity index (χ2v) is 9.09. The predicted octanol–water partition coefficient (Wildman–Crippen LogP) is 3.45. The highest BCUT2D eigenvalue weighted by Gasteiger charge is 2.49. The lowest BCUT2D eigenvalue weighted by Crippen LogP contribution is -2.62. The van der Waals surface area contributed by atoms with E-state index in [0.29, 0.717) is 19.6 Å². The van der Waals surface area contributed by atoms with Gasteiger partial charge in [0.1, 0.15) is 0 Å². The van der Waals surface area contributed by atoms with E-state index in [0.717, 1.165) is 50.1 Å². The number of nitrogens with zero attached hydrogens (tertiary/aromatic N) is 3. The van der Waals surface area contributed by atoms with Crippen molar-refractivity contribution in [3.05, 3.63) is 65.7 Å². The Morgan fingerprint density at radius 2 is 1.94 bits per heavy atom. The molecule has 2 aromatic rings. The van der Waals surface area contributed by atoms with Crippen molar-refractivity contribution in [2.75, 3.05) is 37.6 Å². The minimum Gasteiger partial charge on any atom is -0.390 e. The van der Waals surface area contributed by atoms with E-state index >= 15 is 0 Å². The van der Waals surface area contributed by atoms with Crippen LogP contribution in [-0.2, 0) is 11.3 Å². The van der Waals surface area contributed by atoms with Crippen LogP contribution in [0.1, 0.15) is 37.3 Å². The van der Waals surface area contributed by atoms with Crippen LogP contribution in [0.2, 0.25) is 0 Å². The maximum Gasteiger partial charge on any atom is 0.241 e. The van der Waals surface area contributed by atoms with Crippen LogP contribution in [-0.4, -0.2) is 65.2 Å². The maximum absolute atomic E-state index is 13.1. The molecule has 2 aliphatic rings. The van der Waals surface area contributed by atoms with Crippen LogP contribution >= 0.6 is 0 Å². The summed E-state index contributed by atoms with van der Waals surface area (Å²) >= 11 is 0. The van der Waals surface area contributed by atoms with Gasteiger partial charge in [-0.1, -0.05) is 42.5 Å². The normalized spacial score (nSPS) is 24.5. The van der Waals surface area contributed by atoms with E-state index in [9.17, 15) is 9.90 Å². The molecule has 4 rings (SSSR count). The van der Waals surface area contributed by atoms with Crippen LogP contribution in [0.3, 0.4) is 0 Å². The molecule has 2 aliphatic heterocycles. The van der Waals surface area contributed by atoms with Gasteiger partial charge in [0.25, 0.3) is 0 Å². The van der Waals surface area contributed by atoms with Crippen LogP contribution < -0.4 is 4.90 Å². The fourth-order valence-corrected chi connectivity index (χ4v) is 5.40. The topological polar surface area (TPSA) is 47.0 Å². The van der Waals surface area contributed by atoms with E-state index in [4.69, 9.17) is 0 Å². The number of benzene rings is 2. The monoisotopic (exact) mass is 421 g/mol. The number of β-amino-alcohol motifs (C(OH)–C–C–N with tert-alkyl or cyclic N) is 1. The maximum atomic E-state index is 13.1. The zero-order valence-electron chi connectivity index (χ0n) is 18.8. The predicted molar refractivity (Wildman–Crippen MR) is 125 cm³/mol. The summed E-state index contributed by atoms with van der Waals surface area (Å²) in [6, 6.07) is 18.6. The molecule has 2 heterocycles. The number of hydrogen-bond acceptors (Lipinski definition) is 4.